The maximum Gasteiger partial charge on any atom is 0.323 e. The average Bonchev–Trinajstić information content (AvgIpc) is 3.21. The van der Waals surface area contributed by atoms with E-state index in [1.165, 1.54) is 0 Å². The third-order valence-corrected chi connectivity index (χ3v) is 4.74. The number of carbonyl (C=O) groups is 1. The van der Waals surface area contributed by atoms with Crippen LogP contribution in [0.5, 0.6) is 0 Å². The third-order valence-electron chi connectivity index (χ3n) is 4.74. The van der Waals surface area contributed by atoms with Gasteiger partial charge in [0, 0.05) is 35.2 Å². The summed E-state index contributed by atoms with van der Waals surface area (Å²) in [4.78, 5) is 25.6. The van der Waals surface area contributed by atoms with Crippen molar-refractivity contribution in [2.75, 3.05) is 21.3 Å². The number of hydrogen-bond acceptors (Lipinski definition) is 7. The van der Waals surface area contributed by atoms with Crippen LogP contribution in [0.25, 0.3) is 0 Å². The lowest BCUT2D eigenvalue weighted by atomic mass is 10.2. The van der Waals surface area contributed by atoms with Gasteiger partial charge in [-0.05, 0) is 49.7 Å². The molecule has 2 amide bonds. The quantitative estimate of drug-likeness (QED) is 0.274. The van der Waals surface area contributed by atoms with Crippen LogP contribution >= 0.6 is 0 Å². The first-order valence-electron chi connectivity index (χ1n) is 10.5. The van der Waals surface area contributed by atoms with Gasteiger partial charge in [-0.15, -0.1) is 0 Å². The predicted octanol–water partition coefficient (Wildman–Crippen LogP) is 4.91. The molecule has 0 fully saturated rings. The molecule has 10 nitrogen and oxygen atoms in total. The molecule has 0 radical (unpaired) electrons. The van der Waals surface area contributed by atoms with Crippen LogP contribution in [0.3, 0.4) is 0 Å². The van der Waals surface area contributed by atoms with Crippen LogP contribution in [0.4, 0.5) is 39.6 Å². The topological polar surface area (TPSA) is 133 Å². The number of anilines is 6. The van der Waals surface area contributed by atoms with Gasteiger partial charge in [0.25, 0.3) is 0 Å². The lowest BCUT2D eigenvalue weighted by molar-refractivity contribution is 0.262. The molecular weight excluding hydrogens is 418 g/mol. The number of rotatable bonds is 7. The SMILES string of the molecule is CCc1nc(Nc2ccc(NC(=O)Nc3ccccc3C)cc2)nc(Nc2cc(C)[nH]n2)n1. The zero-order chi connectivity index (χ0) is 23.2. The second-order valence-electron chi connectivity index (χ2n) is 7.41. The molecule has 4 aromatic rings. The highest BCUT2D eigenvalue weighted by Gasteiger charge is 2.09. The van der Waals surface area contributed by atoms with Crippen LogP contribution in [0.15, 0.2) is 54.6 Å². The number of nitrogens with zero attached hydrogens (tertiary/aromatic N) is 4. The van der Waals surface area contributed by atoms with Crippen molar-refractivity contribution < 1.29 is 4.79 Å². The summed E-state index contributed by atoms with van der Waals surface area (Å²) in [6, 6.07) is 16.4. The van der Waals surface area contributed by atoms with Crippen molar-refractivity contribution in [3.63, 3.8) is 0 Å². The van der Waals surface area contributed by atoms with E-state index >= 15 is 0 Å². The molecule has 0 saturated heterocycles. The number of nitrogens with one attached hydrogen (secondary N) is 5. The number of para-hydroxylation sites is 1. The zero-order valence-electron chi connectivity index (χ0n) is 18.6. The normalized spacial score (nSPS) is 10.5. The van der Waals surface area contributed by atoms with E-state index in [1.54, 1.807) is 12.1 Å². The van der Waals surface area contributed by atoms with Crippen LogP contribution in [-0.2, 0) is 6.42 Å². The fourth-order valence-electron chi connectivity index (χ4n) is 3.05. The Balaban J connectivity index is 1.41. The first kappa shape index (κ1) is 21.8. The molecule has 2 aromatic carbocycles. The summed E-state index contributed by atoms with van der Waals surface area (Å²) in [5.74, 6) is 2.09. The van der Waals surface area contributed by atoms with Gasteiger partial charge in [0.1, 0.15) is 5.82 Å². The lowest BCUT2D eigenvalue weighted by Gasteiger charge is -2.11. The van der Waals surface area contributed by atoms with Crippen LogP contribution in [0.1, 0.15) is 24.0 Å². The number of H-pyrrole nitrogens is 1. The zero-order valence-corrected chi connectivity index (χ0v) is 18.6. The number of aryl methyl sites for hydroxylation is 3. The fraction of sp³-hybridized carbons (Fsp3) is 0.174. The molecule has 0 atom stereocenters. The van der Waals surface area contributed by atoms with Crippen LogP contribution < -0.4 is 21.3 Å². The third kappa shape index (κ3) is 5.82. The molecule has 0 aliphatic carbocycles. The molecule has 0 aliphatic rings. The van der Waals surface area contributed by atoms with Gasteiger partial charge in [-0.2, -0.15) is 20.1 Å². The van der Waals surface area contributed by atoms with Crippen LogP contribution in [0.2, 0.25) is 0 Å². The molecule has 0 spiro atoms. The number of carbonyl (C=O) groups excluding carboxylic acids is 1. The van der Waals surface area contributed by atoms with E-state index in [4.69, 9.17) is 0 Å². The molecule has 0 bridgehead atoms. The van der Waals surface area contributed by atoms with E-state index in [0.717, 1.165) is 22.6 Å². The van der Waals surface area contributed by atoms with Gasteiger partial charge in [-0.3, -0.25) is 5.10 Å². The molecule has 2 aromatic heterocycles. The van der Waals surface area contributed by atoms with Crippen molar-refractivity contribution in [3.8, 4) is 0 Å². The second-order valence-corrected chi connectivity index (χ2v) is 7.41. The van der Waals surface area contributed by atoms with Crippen LogP contribution in [0, 0.1) is 13.8 Å². The van der Waals surface area contributed by atoms with Gasteiger partial charge >= 0.3 is 6.03 Å². The number of benzene rings is 2. The minimum Gasteiger partial charge on any atom is -0.324 e. The monoisotopic (exact) mass is 443 g/mol. The second kappa shape index (κ2) is 9.77. The molecule has 5 N–H and O–H groups in total. The average molecular weight is 444 g/mol. The number of aromatic nitrogens is 5. The summed E-state index contributed by atoms with van der Waals surface area (Å²) < 4.78 is 0. The van der Waals surface area contributed by atoms with E-state index in [0.29, 0.717) is 35.6 Å². The van der Waals surface area contributed by atoms with Gasteiger partial charge in [-0.1, -0.05) is 25.1 Å². The Morgan fingerprint density at radius 1 is 0.879 bits per heavy atom. The van der Waals surface area contributed by atoms with Crippen molar-refractivity contribution in [1.82, 2.24) is 25.1 Å². The first-order chi connectivity index (χ1) is 16.0. The van der Waals surface area contributed by atoms with Crippen molar-refractivity contribution >= 4 is 40.8 Å². The Labute approximate surface area is 191 Å². The Bertz CT molecular complexity index is 1250. The maximum atomic E-state index is 12.3. The number of amides is 2. The number of hydrogen-bond donors (Lipinski definition) is 5. The molecule has 168 valence electrons. The van der Waals surface area contributed by atoms with Crippen molar-refractivity contribution in [2.24, 2.45) is 0 Å². The highest BCUT2D eigenvalue weighted by molar-refractivity contribution is 6.00. The van der Waals surface area contributed by atoms with E-state index in [-0.39, 0.29) is 6.03 Å². The molecule has 33 heavy (non-hydrogen) atoms. The minimum atomic E-state index is -0.306. The summed E-state index contributed by atoms with van der Waals surface area (Å²) >= 11 is 0. The fourth-order valence-corrected chi connectivity index (χ4v) is 3.05. The van der Waals surface area contributed by atoms with Gasteiger partial charge in [0.2, 0.25) is 11.9 Å². The summed E-state index contributed by atoms with van der Waals surface area (Å²) in [5.41, 5.74) is 4.13. The largest absolute Gasteiger partial charge is 0.324 e. The van der Waals surface area contributed by atoms with Crippen LogP contribution in [-0.4, -0.2) is 31.2 Å². The van der Waals surface area contributed by atoms with Gasteiger partial charge in [0.05, 0.1) is 0 Å². The molecule has 0 unspecified atom stereocenters. The lowest BCUT2D eigenvalue weighted by Crippen LogP contribution is -2.19. The molecule has 0 saturated carbocycles. The Hall–Kier alpha value is -4.47. The Morgan fingerprint density at radius 3 is 2.24 bits per heavy atom. The first-order valence-corrected chi connectivity index (χ1v) is 10.5. The summed E-state index contributed by atoms with van der Waals surface area (Å²) in [6.45, 7) is 5.84. The predicted molar refractivity (Wildman–Crippen MR) is 129 cm³/mol. The van der Waals surface area contributed by atoms with Gasteiger partial charge in [-0.25, -0.2) is 4.79 Å². The number of urea groups is 1. The summed E-state index contributed by atoms with van der Waals surface area (Å²) in [7, 11) is 0. The van der Waals surface area contributed by atoms with E-state index < -0.39 is 0 Å². The summed E-state index contributed by atoms with van der Waals surface area (Å²) in [6.07, 6.45) is 0.657. The molecular formula is C23H25N9O. The van der Waals surface area contributed by atoms with Crippen molar-refractivity contribution in [3.05, 3.63) is 71.7 Å². The van der Waals surface area contributed by atoms with E-state index in [2.05, 4.69) is 46.4 Å². The van der Waals surface area contributed by atoms with E-state index in [9.17, 15) is 4.79 Å². The van der Waals surface area contributed by atoms with Gasteiger partial charge < -0.3 is 21.3 Å². The Kier molecular flexibility index (Phi) is 6.44. The molecule has 2 heterocycles. The maximum absolute atomic E-state index is 12.3. The minimum absolute atomic E-state index is 0.306. The standard InChI is InChI=1S/C23H25N9O/c1-4-19-27-21(30-22(28-19)29-20-13-15(3)31-32-20)24-16-9-11-17(12-10-16)25-23(33)26-18-8-6-5-7-14(18)2/h5-13H,4H2,1-3H3,(H2,25,26,33)(H3,24,27,28,29,30,31,32). The number of aromatic amines is 1. The summed E-state index contributed by atoms with van der Waals surface area (Å²) in [5, 5.41) is 19.0. The van der Waals surface area contributed by atoms with Crippen molar-refractivity contribution in [2.45, 2.75) is 27.2 Å². The van der Waals surface area contributed by atoms with Gasteiger partial charge in [0.15, 0.2) is 5.82 Å². The molecule has 10 heteroatoms. The smallest absolute Gasteiger partial charge is 0.323 e. The van der Waals surface area contributed by atoms with E-state index in [1.807, 2.05) is 63.2 Å². The Morgan fingerprint density at radius 2 is 1.58 bits per heavy atom. The molecule has 4 rings (SSSR count). The molecule has 0 aliphatic heterocycles. The highest BCUT2D eigenvalue weighted by atomic mass is 16.2. The highest BCUT2D eigenvalue weighted by Crippen LogP contribution is 2.20. The van der Waals surface area contributed by atoms with Crippen molar-refractivity contribution in [1.29, 1.82) is 0 Å².